The Labute approximate surface area is 322 Å². The smallest absolute Gasteiger partial charge is 0.164 e. The Morgan fingerprint density at radius 1 is 0.446 bits per heavy atom. The van der Waals surface area contributed by atoms with Crippen molar-refractivity contribution in [1.29, 1.82) is 0 Å². The maximum absolute atomic E-state index is 6.62. The molecule has 5 heteroatoms. The summed E-state index contributed by atoms with van der Waals surface area (Å²) in [6, 6.07) is 60.1. The summed E-state index contributed by atoms with van der Waals surface area (Å²) >= 11 is 0. The van der Waals surface area contributed by atoms with E-state index in [2.05, 4.69) is 126 Å². The fourth-order valence-corrected chi connectivity index (χ4v) is 9.19. The minimum atomic E-state index is 0.0556. The van der Waals surface area contributed by atoms with Crippen LogP contribution in [0.5, 0.6) is 0 Å². The first kappa shape index (κ1) is 31.0. The van der Waals surface area contributed by atoms with Gasteiger partial charge < -0.3 is 9.32 Å². The van der Waals surface area contributed by atoms with Gasteiger partial charge in [0, 0.05) is 44.9 Å². The van der Waals surface area contributed by atoms with Crippen molar-refractivity contribution in [2.24, 2.45) is 0 Å². The lowest BCUT2D eigenvalue weighted by atomic mass is 9.82. The van der Waals surface area contributed by atoms with E-state index in [1.165, 1.54) is 54.8 Å². The van der Waals surface area contributed by atoms with Crippen LogP contribution in [0.25, 0.3) is 83.5 Å². The molecule has 0 saturated carbocycles. The van der Waals surface area contributed by atoms with Gasteiger partial charge in [-0.3, -0.25) is 0 Å². The molecule has 2 aromatic heterocycles. The van der Waals surface area contributed by atoms with Crippen LogP contribution in [-0.4, -0.2) is 21.0 Å². The largest absolute Gasteiger partial charge is 0.456 e. The first-order chi connectivity index (χ1) is 27.8. The molecular formula is C51H32N4O. The second-order valence-electron chi connectivity index (χ2n) is 14.7. The van der Waals surface area contributed by atoms with Gasteiger partial charge in [0.2, 0.25) is 0 Å². The molecule has 5 nitrogen and oxygen atoms in total. The zero-order valence-electron chi connectivity index (χ0n) is 30.2. The predicted molar refractivity (Wildman–Crippen MR) is 228 cm³/mol. The van der Waals surface area contributed by atoms with E-state index in [-0.39, 0.29) is 12.0 Å². The lowest BCUT2D eigenvalue weighted by molar-refractivity contribution is 0.584. The van der Waals surface area contributed by atoms with E-state index in [0.717, 1.165) is 33.4 Å². The minimum Gasteiger partial charge on any atom is -0.456 e. The molecule has 3 heterocycles. The molecule has 0 bridgehead atoms. The zero-order valence-corrected chi connectivity index (χ0v) is 30.2. The average Bonchev–Trinajstić information content (AvgIpc) is 3.82. The van der Waals surface area contributed by atoms with E-state index in [9.17, 15) is 0 Å². The van der Waals surface area contributed by atoms with Crippen LogP contribution in [0.2, 0.25) is 0 Å². The van der Waals surface area contributed by atoms with E-state index in [0.29, 0.717) is 17.5 Å². The maximum Gasteiger partial charge on any atom is 0.164 e. The molecule has 10 aromatic rings. The van der Waals surface area contributed by atoms with Crippen LogP contribution in [0.15, 0.2) is 180 Å². The first-order valence-corrected chi connectivity index (χ1v) is 19.1. The minimum absolute atomic E-state index is 0.0556. The van der Waals surface area contributed by atoms with E-state index < -0.39 is 0 Å². The van der Waals surface area contributed by atoms with Crippen LogP contribution in [0.4, 0.5) is 11.4 Å². The number of rotatable bonds is 4. The highest BCUT2D eigenvalue weighted by molar-refractivity contribution is 6.25. The Hall–Kier alpha value is -7.37. The van der Waals surface area contributed by atoms with Crippen molar-refractivity contribution in [3.05, 3.63) is 193 Å². The normalized spacial score (nSPS) is 15.8. The molecule has 1 aliphatic heterocycles. The van der Waals surface area contributed by atoms with E-state index in [1.54, 1.807) is 0 Å². The summed E-state index contributed by atoms with van der Waals surface area (Å²) in [7, 11) is 0. The highest BCUT2D eigenvalue weighted by Gasteiger charge is 2.43. The number of anilines is 2. The summed E-state index contributed by atoms with van der Waals surface area (Å²) in [4.78, 5) is 17.5. The molecule has 12 rings (SSSR count). The summed E-state index contributed by atoms with van der Waals surface area (Å²) in [6.45, 7) is 0. The van der Waals surface area contributed by atoms with Crippen LogP contribution in [0.3, 0.4) is 0 Å². The zero-order chi connectivity index (χ0) is 36.7. The third-order valence-electron chi connectivity index (χ3n) is 11.6. The number of benzene rings is 8. The number of fused-ring (bicyclic) bond motifs is 13. The molecule has 0 N–H and O–H groups in total. The molecule has 0 spiro atoms. The van der Waals surface area contributed by atoms with Gasteiger partial charge in [0.15, 0.2) is 17.5 Å². The molecule has 2 unspecified atom stereocenters. The molecule has 8 aromatic carbocycles. The molecule has 0 radical (unpaired) electrons. The van der Waals surface area contributed by atoms with Gasteiger partial charge in [-0.2, -0.15) is 0 Å². The Morgan fingerprint density at radius 2 is 1.00 bits per heavy atom. The molecule has 2 atom stereocenters. The van der Waals surface area contributed by atoms with Crippen molar-refractivity contribution < 1.29 is 4.42 Å². The monoisotopic (exact) mass is 716 g/mol. The number of aromatic nitrogens is 3. The third-order valence-corrected chi connectivity index (χ3v) is 11.6. The number of para-hydroxylation sites is 1. The molecule has 2 aliphatic rings. The van der Waals surface area contributed by atoms with Crippen molar-refractivity contribution in [2.75, 3.05) is 4.90 Å². The summed E-state index contributed by atoms with van der Waals surface area (Å²) in [5.41, 5.74) is 8.53. The quantitative estimate of drug-likeness (QED) is 0.170. The van der Waals surface area contributed by atoms with Crippen LogP contribution in [0, 0.1) is 0 Å². The number of nitrogens with zero attached hydrogens (tertiary/aromatic N) is 4. The van der Waals surface area contributed by atoms with Crippen molar-refractivity contribution in [1.82, 2.24) is 15.0 Å². The molecule has 1 aliphatic carbocycles. The van der Waals surface area contributed by atoms with Crippen molar-refractivity contribution in [2.45, 2.75) is 12.0 Å². The second-order valence-corrected chi connectivity index (χ2v) is 14.7. The van der Waals surface area contributed by atoms with Crippen molar-refractivity contribution in [3.63, 3.8) is 0 Å². The summed E-state index contributed by atoms with van der Waals surface area (Å²) in [6.07, 6.45) is 4.49. The second kappa shape index (κ2) is 12.1. The maximum atomic E-state index is 6.62. The molecule has 262 valence electrons. The standard InChI is InChI=1S/C51H32N4O/c1-3-13-31(14-4-1)49-52-50(32-15-5-2-6-16-32)54-51(53-49)33-23-27-45-42(29-33)48-46(56-45)28-26-44-47(48)40-21-11-12-22-43(40)55(44)34-24-25-39-37-19-8-7-17-35(37)36-18-9-10-20-38(36)41(39)30-34/h1-30,44,47H. The van der Waals surface area contributed by atoms with Gasteiger partial charge in [-0.15, -0.1) is 0 Å². The highest BCUT2D eigenvalue weighted by Crippen LogP contribution is 2.54. The van der Waals surface area contributed by atoms with Gasteiger partial charge in [0.25, 0.3) is 0 Å². The Balaban J connectivity index is 1.02. The average molecular weight is 717 g/mol. The topological polar surface area (TPSA) is 55.1 Å². The summed E-state index contributed by atoms with van der Waals surface area (Å²) in [5.74, 6) is 2.87. The fourth-order valence-electron chi connectivity index (χ4n) is 9.19. The summed E-state index contributed by atoms with van der Waals surface area (Å²) in [5, 5.41) is 8.72. The van der Waals surface area contributed by atoms with Gasteiger partial charge in [0.05, 0.1) is 6.04 Å². The van der Waals surface area contributed by atoms with E-state index >= 15 is 0 Å². The number of hydrogen-bond donors (Lipinski definition) is 0. The molecule has 0 fully saturated rings. The fraction of sp³-hybridized carbons (Fsp3) is 0.0392. The predicted octanol–water partition coefficient (Wildman–Crippen LogP) is 12.8. The van der Waals surface area contributed by atoms with Crippen molar-refractivity contribution in [3.8, 4) is 34.2 Å². The van der Waals surface area contributed by atoms with Crippen LogP contribution >= 0.6 is 0 Å². The van der Waals surface area contributed by atoms with Gasteiger partial charge in [0.1, 0.15) is 11.3 Å². The molecule has 56 heavy (non-hydrogen) atoms. The lowest BCUT2D eigenvalue weighted by Crippen LogP contribution is -2.30. The van der Waals surface area contributed by atoms with E-state index in [4.69, 9.17) is 19.4 Å². The molecule has 0 saturated heterocycles. The number of furan rings is 1. The van der Waals surface area contributed by atoms with Gasteiger partial charge >= 0.3 is 0 Å². The third kappa shape index (κ3) is 4.64. The van der Waals surface area contributed by atoms with Gasteiger partial charge in [-0.05, 0) is 80.4 Å². The van der Waals surface area contributed by atoms with E-state index in [1.807, 2.05) is 60.7 Å². The Morgan fingerprint density at radius 3 is 1.66 bits per heavy atom. The number of hydrogen-bond acceptors (Lipinski definition) is 5. The lowest BCUT2D eigenvalue weighted by Gasteiger charge is -2.30. The van der Waals surface area contributed by atoms with Crippen LogP contribution in [-0.2, 0) is 0 Å². The Bertz CT molecular complexity index is 3130. The SMILES string of the molecule is C1=CC2C(c3ccccc3N2c2ccc3c4ccccc4c4ccccc4c3c2)c2c1oc1ccc(-c3nc(-c4ccccc4)nc(-c4ccccc4)n3)cc21. The van der Waals surface area contributed by atoms with Crippen LogP contribution in [0.1, 0.15) is 22.8 Å². The Kier molecular flexibility index (Phi) is 6.69. The van der Waals surface area contributed by atoms with Crippen molar-refractivity contribution >= 4 is 60.7 Å². The molecular weight excluding hydrogens is 685 g/mol. The highest BCUT2D eigenvalue weighted by atomic mass is 16.3. The van der Waals surface area contributed by atoms with Gasteiger partial charge in [-0.1, -0.05) is 140 Å². The molecule has 0 amide bonds. The summed E-state index contributed by atoms with van der Waals surface area (Å²) < 4.78 is 6.62. The van der Waals surface area contributed by atoms with Gasteiger partial charge in [-0.25, -0.2) is 15.0 Å². The first-order valence-electron chi connectivity index (χ1n) is 19.1. The van der Waals surface area contributed by atoms with Crippen LogP contribution < -0.4 is 4.90 Å².